The van der Waals surface area contributed by atoms with Crippen molar-refractivity contribution in [1.82, 2.24) is 4.90 Å². The van der Waals surface area contributed by atoms with E-state index in [0.717, 1.165) is 0 Å². The van der Waals surface area contributed by atoms with E-state index in [-0.39, 0.29) is 25.2 Å². The summed E-state index contributed by atoms with van der Waals surface area (Å²) in [5, 5.41) is 11.1. The average Bonchev–Trinajstić information content (AvgIpc) is 2.40. The van der Waals surface area contributed by atoms with Crippen molar-refractivity contribution in [1.29, 1.82) is 0 Å². The van der Waals surface area contributed by atoms with Crippen molar-refractivity contribution in [3.05, 3.63) is 38.9 Å². The van der Waals surface area contributed by atoms with Gasteiger partial charge in [0.15, 0.2) is 0 Å². The molecule has 1 atom stereocenters. The fraction of sp³-hybridized carbons (Fsp3) is 0.538. The number of alkyl halides is 3. The minimum Gasteiger partial charge on any atom is -0.298 e. The molecule has 0 radical (unpaired) electrons. The molecule has 0 aromatic heterocycles. The molecular formula is C13H14ClF3N2O2. The highest BCUT2D eigenvalue weighted by Crippen LogP contribution is 2.34. The maximum atomic E-state index is 12.8. The van der Waals surface area contributed by atoms with Crippen molar-refractivity contribution in [2.75, 3.05) is 13.1 Å². The summed E-state index contributed by atoms with van der Waals surface area (Å²) in [4.78, 5) is 11.8. The van der Waals surface area contributed by atoms with E-state index < -0.39 is 17.0 Å². The Kier molecular flexibility index (Phi) is 4.73. The lowest BCUT2D eigenvalue weighted by atomic mass is 9.97. The molecule has 1 aromatic rings. The number of likely N-dealkylation sites (tertiary alicyclic amines) is 1. The number of nitrogens with zero attached hydrogens (tertiary/aromatic N) is 2. The number of hydrogen-bond donors (Lipinski definition) is 0. The van der Waals surface area contributed by atoms with Crippen LogP contribution in [0.5, 0.6) is 0 Å². The third kappa shape index (κ3) is 4.07. The van der Waals surface area contributed by atoms with Gasteiger partial charge in [0, 0.05) is 30.2 Å². The molecular weight excluding hydrogens is 309 g/mol. The SMILES string of the molecule is O=[N+]([O-])c1ccc(Cl)c(CN2CCCC(C(F)(F)F)C2)c1. The second-order valence-corrected chi connectivity index (χ2v) is 5.56. The molecule has 1 aromatic carbocycles. The summed E-state index contributed by atoms with van der Waals surface area (Å²) in [7, 11) is 0. The standard InChI is InChI=1S/C13H14ClF3N2O2/c14-12-4-3-11(19(20)21)6-9(12)7-18-5-1-2-10(8-18)13(15,16)17/h3-4,6,10H,1-2,5,7-8H2. The van der Waals surface area contributed by atoms with E-state index >= 15 is 0 Å². The second kappa shape index (κ2) is 6.19. The van der Waals surface area contributed by atoms with E-state index in [0.29, 0.717) is 23.6 Å². The molecule has 1 aliphatic rings. The monoisotopic (exact) mass is 322 g/mol. The quantitative estimate of drug-likeness (QED) is 0.623. The number of hydrogen-bond acceptors (Lipinski definition) is 3. The number of non-ortho nitro benzene ring substituents is 1. The minimum absolute atomic E-state index is 0.0947. The van der Waals surface area contributed by atoms with Crippen LogP contribution in [0.15, 0.2) is 18.2 Å². The van der Waals surface area contributed by atoms with Crippen molar-refractivity contribution in [3.63, 3.8) is 0 Å². The van der Waals surface area contributed by atoms with Crippen LogP contribution in [0, 0.1) is 16.0 Å². The van der Waals surface area contributed by atoms with E-state index in [1.54, 1.807) is 4.90 Å². The van der Waals surface area contributed by atoms with Gasteiger partial charge in [-0.15, -0.1) is 0 Å². The fourth-order valence-corrected chi connectivity index (χ4v) is 2.68. The first-order valence-electron chi connectivity index (χ1n) is 6.49. The molecule has 0 spiro atoms. The zero-order valence-electron chi connectivity index (χ0n) is 11.1. The topological polar surface area (TPSA) is 46.4 Å². The number of rotatable bonds is 3. The molecule has 4 nitrogen and oxygen atoms in total. The van der Waals surface area contributed by atoms with Crippen molar-refractivity contribution < 1.29 is 18.1 Å². The zero-order chi connectivity index (χ0) is 15.6. The Morgan fingerprint density at radius 3 is 2.76 bits per heavy atom. The molecule has 0 bridgehead atoms. The molecule has 8 heteroatoms. The molecule has 1 unspecified atom stereocenters. The molecule has 1 aliphatic heterocycles. The van der Waals surface area contributed by atoms with E-state index in [4.69, 9.17) is 11.6 Å². The molecule has 0 N–H and O–H groups in total. The highest BCUT2D eigenvalue weighted by atomic mass is 35.5. The Morgan fingerprint density at radius 2 is 2.14 bits per heavy atom. The lowest BCUT2D eigenvalue weighted by molar-refractivity contribution is -0.384. The Morgan fingerprint density at radius 1 is 1.43 bits per heavy atom. The third-order valence-corrected chi connectivity index (χ3v) is 3.97. The lowest BCUT2D eigenvalue weighted by Crippen LogP contribution is -2.41. The molecule has 0 amide bonds. The number of nitro groups is 1. The summed E-state index contributed by atoms with van der Waals surface area (Å²) in [5.74, 6) is -1.34. The summed E-state index contributed by atoms with van der Waals surface area (Å²) >= 11 is 5.97. The van der Waals surface area contributed by atoms with Gasteiger partial charge in [-0.2, -0.15) is 13.2 Å². The molecule has 1 saturated heterocycles. The van der Waals surface area contributed by atoms with Crippen LogP contribution >= 0.6 is 11.6 Å². The first kappa shape index (κ1) is 16.0. The van der Waals surface area contributed by atoms with Crippen molar-refractivity contribution in [2.45, 2.75) is 25.6 Å². The molecule has 0 saturated carbocycles. The van der Waals surface area contributed by atoms with Crippen molar-refractivity contribution >= 4 is 17.3 Å². The predicted molar refractivity (Wildman–Crippen MR) is 72.2 cm³/mol. The summed E-state index contributed by atoms with van der Waals surface area (Å²) in [6.07, 6.45) is -3.62. The molecule has 21 heavy (non-hydrogen) atoms. The van der Waals surface area contributed by atoms with Crippen LogP contribution in [0.25, 0.3) is 0 Å². The van der Waals surface area contributed by atoms with Gasteiger partial charge in [-0.05, 0) is 31.0 Å². The van der Waals surface area contributed by atoms with Crippen LogP contribution in [-0.2, 0) is 6.54 Å². The van der Waals surface area contributed by atoms with Gasteiger partial charge in [0.05, 0.1) is 10.8 Å². The van der Waals surface area contributed by atoms with Crippen LogP contribution in [0.2, 0.25) is 5.02 Å². The van der Waals surface area contributed by atoms with Gasteiger partial charge in [0.25, 0.3) is 5.69 Å². The summed E-state index contributed by atoms with van der Waals surface area (Å²) in [5.41, 5.74) is 0.368. The Hall–Kier alpha value is -1.34. The Bertz CT molecular complexity index is 537. The maximum Gasteiger partial charge on any atom is 0.393 e. The first-order valence-corrected chi connectivity index (χ1v) is 6.87. The number of piperidine rings is 1. The van der Waals surface area contributed by atoms with Crippen LogP contribution in [-0.4, -0.2) is 29.1 Å². The Labute approximate surface area is 124 Å². The molecule has 1 fully saturated rings. The number of nitro benzene ring substituents is 1. The van der Waals surface area contributed by atoms with Gasteiger partial charge in [-0.3, -0.25) is 15.0 Å². The first-order chi connectivity index (χ1) is 9.77. The smallest absolute Gasteiger partial charge is 0.298 e. The lowest BCUT2D eigenvalue weighted by Gasteiger charge is -2.33. The summed E-state index contributed by atoms with van der Waals surface area (Å²) in [6.45, 7) is 0.626. The third-order valence-electron chi connectivity index (χ3n) is 3.60. The fourth-order valence-electron chi connectivity index (χ4n) is 2.50. The van der Waals surface area contributed by atoms with E-state index in [1.165, 1.54) is 18.2 Å². The van der Waals surface area contributed by atoms with Gasteiger partial charge in [-0.1, -0.05) is 11.6 Å². The molecule has 2 rings (SSSR count). The minimum atomic E-state index is -4.20. The van der Waals surface area contributed by atoms with Crippen molar-refractivity contribution in [3.8, 4) is 0 Å². The molecule has 1 heterocycles. The highest BCUT2D eigenvalue weighted by molar-refractivity contribution is 6.31. The van der Waals surface area contributed by atoms with Crippen LogP contribution in [0.1, 0.15) is 18.4 Å². The van der Waals surface area contributed by atoms with Gasteiger partial charge < -0.3 is 0 Å². The van der Waals surface area contributed by atoms with Gasteiger partial charge in [-0.25, -0.2) is 0 Å². The highest BCUT2D eigenvalue weighted by Gasteiger charge is 2.41. The predicted octanol–water partition coefficient (Wildman–Crippen LogP) is 4.02. The largest absolute Gasteiger partial charge is 0.393 e. The molecule has 116 valence electrons. The van der Waals surface area contributed by atoms with E-state index in [9.17, 15) is 23.3 Å². The summed E-state index contributed by atoms with van der Waals surface area (Å²) < 4.78 is 38.3. The van der Waals surface area contributed by atoms with Gasteiger partial charge >= 0.3 is 6.18 Å². The Balaban J connectivity index is 2.11. The van der Waals surface area contributed by atoms with E-state index in [2.05, 4.69) is 0 Å². The maximum absolute atomic E-state index is 12.8. The molecule has 0 aliphatic carbocycles. The summed E-state index contributed by atoms with van der Waals surface area (Å²) in [6, 6.07) is 4.00. The number of benzene rings is 1. The number of halogens is 4. The van der Waals surface area contributed by atoms with Crippen molar-refractivity contribution in [2.24, 2.45) is 5.92 Å². The normalized spacial score (nSPS) is 20.5. The average molecular weight is 323 g/mol. The van der Waals surface area contributed by atoms with E-state index in [1.807, 2.05) is 0 Å². The zero-order valence-corrected chi connectivity index (χ0v) is 11.8. The van der Waals surface area contributed by atoms with Crippen LogP contribution in [0.3, 0.4) is 0 Å². The van der Waals surface area contributed by atoms with Gasteiger partial charge in [0.1, 0.15) is 0 Å². The van der Waals surface area contributed by atoms with Crippen LogP contribution < -0.4 is 0 Å². The second-order valence-electron chi connectivity index (χ2n) is 5.15. The van der Waals surface area contributed by atoms with Gasteiger partial charge in [0.2, 0.25) is 0 Å². The van der Waals surface area contributed by atoms with Crippen LogP contribution in [0.4, 0.5) is 18.9 Å².